The zero-order chi connectivity index (χ0) is 20.7. The standard InChI is InChI=1S/C25H24N2O3/c1-16-8-10-17(11-9-16)25-27-21(19-6-4-5-7-22(19)30-25)15-20(26-27)18-12-13-23(28-2)24(14-18)29-3/h4-14,21,25H,15H2,1-3H3/t21-,25+/m1/s1. The largest absolute Gasteiger partial charge is 0.493 e. The van der Waals surface area contributed by atoms with Crippen molar-refractivity contribution in [2.45, 2.75) is 25.6 Å². The van der Waals surface area contributed by atoms with Gasteiger partial charge in [0.2, 0.25) is 6.23 Å². The number of methoxy groups -OCH3 is 2. The van der Waals surface area contributed by atoms with E-state index in [2.05, 4.69) is 48.3 Å². The van der Waals surface area contributed by atoms with Crippen molar-refractivity contribution in [1.82, 2.24) is 5.01 Å². The molecule has 5 nitrogen and oxygen atoms in total. The number of aryl methyl sites for hydroxylation is 1. The summed E-state index contributed by atoms with van der Waals surface area (Å²) in [6.07, 6.45) is 0.543. The SMILES string of the molecule is COc1ccc(C2=NN3[C@H](C2)c2ccccc2O[C@H]3c2ccc(C)cc2)cc1OC. The van der Waals surface area contributed by atoms with Gasteiger partial charge in [-0.3, -0.25) is 0 Å². The van der Waals surface area contributed by atoms with Crippen LogP contribution in [0.4, 0.5) is 0 Å². The summed E-state index contributed by atoms with van der Waals surface area (Å²) in [4.78, 5) is 0. The highest BCUT2D eigenvalue weighted by atomic mass is 16.5. The monoisotopic (exact) mass is 400 g/mol. The first-order valence-electron chi connectivity index (χ1n) is 10.1. The summed E-state index contributed by atoms with van der Waals surface area (Å²) in [5.41, 5.74) is 5.53. The van der Waals surface area contributed by atoms with Crippen molar-refractivity contribution in [1.29, 1.82) is 0 Å². The minimum absolute atomic E-state index is 0.129. The molecule has 0 fully saturated rings. The lowest BCUT2D eigenvalue weighted by Crippen LogP contribution is -2.33. The second kappa shape index (κ2) is 7.41. The van der Waals surface area contributed by atoms with E-state index in [0.29, 0.717) is 11.5 Å². The number of rotatable bonds is 4. The molecule has 2 heterocycles. The molecule has 5 rings (SSSR count). The Balaban J connectivity index is 1.57. The first-order valence-corrected chi connectivity index (χ1v) is 10.1. The molecule has 5 heteroatoms. The first-order chi connectivity index (χ1) is 14.7. The quantitative estimate of drug-likeness (QED) is 0.600. The van der Waals surface area contributed by atoms with Crippen LogP contribution < -0.4 is 14.2 Å². The molecule has 0 aliphatic carbocycles. The maximum Gasteiger partial charge on any atom is 0.213 e. The van der Waals surface area contributed by atoms with Crippen LogP contribution in [0.15, 0.2) is 71.8 Å². The Labute approximate surface area is 176 Å². The lowest BCUT2D eigenvalue weighted by Gasteiger charge is -2.38. The number of para-hydroxylation sites is 1. The summed E-state index contributed by atoms with van der Waals surface area (Å²) < 4.78 is 17.3. The Morgan fingerprint density at radius 2 is 1.70 bits per heavy atom. The Bertz CT molecular complexity index is 1110. The van der Waals surface area contributed by atoms with Crippen molar-refractivity contribution in [2.75, 3.05) is 14.2 Å². The topological polar surface area (TPSA) is 43.3 Å². The fourth-order valence-electron chi connectivity index (χ4n) is 4.18. The van der Waals surface area contributed by atoms with Gasteiger partial charge in [0, 0.05) is 23.1 Å². The molecule has 30 heavy (non-hydrogen) atoms. The van der Waals surface area contributed by atoms with Gasteiger partial charge in [0.1, 0.15) is 5.75 Å². The molecule has 3 aromatic carbocycles. The van der Waals surface area contributed by atoms with Crippen LogP contribution in [0.1, 0.15) is 40.9 Å². The van der Waals surface area contributed by atoms with Gasteiger partial charge in [-0.15, -0.1) is 0 Å². The van der Waals surface area contributed by atoms with Crippen molar-refractivity contribution < 1.29 is 14.2 Å². The molecule has 0 aromatic heterocycles. The second-order valence-corrected chi connectivity index (χ2v) is 7.64. The van der Waals surface area contributed by atoms with E-state index >= 15 is 0 Å². The smallest absolute Gasteiger partial charge is 0.213 e. The molecule has 0 spiro atoms. The lowest BCUT2D eigenvalue weighted by molar-refractivity contribution is -0.0190. The molecule has 3 aromatic rings. The zero-order valence-corrected chi connectivity index (χ0v) is 17.3. The van der Waals surface area contributed by atoms with Crippen LogP contribution in [0.3, 0.4) is 0 Å². The van der Waals surface area contributed by atoms with E-state index in [9.17, 15) is 0 Å². The van der Waals surface area contributed by atoms with Gasteiger partial charge in [0.05, 0.1) is 26.0 Å². The van der Waals surface area contributed by atoms with E-state index < -0.39 is 0 Å². The molecule has 2 aliphatic rings. The third kappa shape index (κ3) is 3.07. The summed E-state index contributed by atoms with van der Waals surface area (Å²) in [6.45, 7) is 2.09. The molecule has 0 saturated carbocycles. The summed E-state index contributed by atoms with van der Waals surface area (Å²) >= 11 is 0. The molecule has 0 radical (unpaired) electrons. The maximum absolute atomic E-state index is 6.41. The van der Waals surface area contributed by atoms with Gasteiger partial charge >= 0.3 is 0 Å². The molecule has 0 saturated heterocycles. The van der Waals surface area contributed by atoms with Gasteiger partial charge in [-0.2, -0.15) is 5.10 Å². The zero-order valence-electron chi connectivity index (χ0n) is 17.3. The summed E-state index contributed by atoms with van der Waals surface area (Å²) in [5.74, 6) is 2.34. The van der Waals surface area contributed by atoms with Crippen molar-refractivity contribution in [2.24, 2.45) is 5.10 Å². The van der Waals surface area contributed by atoms with Gasteiger partial charge in [-0.05, 0) is 31.2 Å². The number of benzene rings is 3. The molecule has 152 valence electrons. The number of ether oxygens (including phenoxy) is 3. The van der Waals surface area contributed by atoms with E-state index in [4.69, 9.17) is 19.3 Å². The average molecular weight is 400 g/mol. The lowest BCUT2D eigenvalue weighted by atomic mass is 9.95. The van der Waals surface area contributed by atoms with Gasteiger partial charge in [0.15, 0.2) is 11.5 Å². The summed E-state index contributed by atoms with van der Waals surface area (Å²) in [5, 5.41) is 7.12. The Morgan fingerprint density at radius 1 is 0.933 bits per heavy atom. The number of hydrogen-bond acceptors (Lipinski definition) is 5. The van der Waals surface area contributed by atoms with Crippen LogP contribution in [-0.4, -0.2) is 24.9 Å². The van der Waals surface area contributed by atoms with E-state index in [0.717, 1.165) is 29.0 Å². The minimum atomic E-state index is -0.261. The van der Waals surface area contributed by atoms with E-state index in [1.807, 2.05) is 30.3 Å². The minimum Gasteiger partial charge on any atom is -0.493 e. The van der Waals surface area contributed by atoms with Crippen LogP contribution in [0, 0.1) is 6.92 Å². The predicted octanol–water partition coefficient (Wildman–Crippen LogP) is 5.25. The highest BCUT2D eigenvalue weighted by Crippen LogP contribution is 2.47. The van der Waals surface area contributed by atoms with Crippen molar-refractivity contribution in [3.8, 4) is 17.2 Å². The number of hydrogen-bond donors (Lipinski definition) is 0. The second-order valence-electron chi connectivity index (χ2n) is 7.64. The van der Waals surface area contributed by atoms with Crippen LogP contribution in [0.2, 0.25) is 0 Å². The fourth-order valence-corrected chi connectivity index (χ4v) is 4.18. The Hall–Kier alpha value is -3.47. The van der Waals surface area contributed by atoms with Gasteiger partial charge in [-0.1, -0.05) is 48.0 Å². The summed E-state index contributed by atoms with van der Waals surface area (Å²) in [6, 6.07) is 22.8. The predicted molar refractivity (Wildman–Crippen MR) is 116 cm³/mol. The molecule has 2 atom stereocenters. The maximum atomic E-state index is 6.41. The van der Waals surface area contributed by atoms with Crippen LogP contribution in [-0.2, 0) is 0 Å². The average Bonchev–Trinajstić information content (AvgIpc) is 3.24. The first kappa shape index (κ1) is 18.6. The highest BCUT2D eigenvalue weighted by Gasteiger charge is 2.40. The van der Waals surface area contributed by atoms with E-state index in [-0.39, 0.29) is 12.3 Å². The molecule has 2 aliphatic heterocycles. The van der Waals surface area contributed by atoms with Crippen molar-refractivity contribution >= 4 is 5.71 Å². The normalized spacial score (nSPS) is 19.4. The van der Waals surface area contributed by atoms with Gasteiger partial charge < -0.3 is 14.2 Å². The van der Waals surface area contributed by atoms with Crippen LogP contribution in [0.25, 0.3) is 0 Å². The Kier molecular flexibility index (Phi) is 4.58. The molecule has 0 N–H and O–H groups in total. The third-order valence-corrected chi connectivity index (χ3v) is 5.78. The molecular weight excluding hydrogens is 376 g/mol. The fraction of sp³-hybridized carbons (Fsp3) is 0.240. The molecule has 0 bridgehead atoms. The van der Waals surface area contributed by atoms with Crippen LogP contribution >= 0.6 is 0 Å². The van der Waals surface area contributed by atoms with E-state index in [1.165, 1.54) is 11.1 Å². The van der Waals surface area contributed by atoms with Crippen molar-refractivity contribution in [3.05, 3.63) is 89.0 Å². The molecule has 0 amide bonds. The number of nitrogens with zero attached hydrogens (tertiary/aromatic N) is 2. The van der Waals surface area contributed by atoms with Crippen molar-refractivity contribution in [3.63, 3.8) is 0 Å². The molecular formula is C25H24N2O3. The Morgan fingerprint density at radius 3 is 2.47 bits per heavy atom. The number of fused-ring (bicyclic) bond motifs is 3. The third-order valence-electron chi connectivity index (χ3n) is 5.78. The number of hydrazone groups is 1. The molecule has 0 unspecified atom stereocenters. The highest BCUT2D eigenvalue weighted by molar-refractivity contribution is 6.02. The van der Waals surface area contributed by atoms with Gasteiger partial charge in [0.25, 0.3) is 0 Å². The summed E-state index contributed by atoms with van der Waals surface area (Å²) in [7, 11) is 3.30. The van der Waals surface area contributed by atoms with Crippen LogP contribution in [0.5, 0.6) is 17.2 Å². The van der Waals surface area contributed by atoms with Gasteiger partial charge in [-0.25, -0.2) is 5.01 Å². The van der Waals surface area contributed by atoms with E-state index in [1.54, 1.807) is 14.2 Å².